The normalized spacial score (nSPS) is 37.9. The zero-order valence-corrected chi connectivity index (χ0v) is 10.8. The topological polar surface area (TPSA) is 57.6 Å². The molecule has 0 bridgehead atoms. The van der Waals surface area contributed by atoms with Crippen LogP contribution in [0.1, 0.15) is 26.7 Å². The largest absolute Gasteiger partial charge is 0.396 e. The van der Waals surface area contributed by atoms with Gasteiger partial charge in [-0.2, -0.15) is 0 Å². The van der Waals surface area contributed by atoms with Crippen LogP contribution < -0.4 is 0 Å². The first kappa shape index (κ1) is 12.3. The fourth-order valence-corrected chi connectivity index (χ4v) is 4.93. The van der Waals surface area contributed by atoms with Crippen LogP contribution in [0.25, 0.3) is 0 Å². The maximum absolute atomic E-state index is 11.5. The monoisotopic (exact) mass is 247 g/mol. The summed E-state index contributed by atoms with van der Waals surface area (Å²) in [5.74, 6) is 0.932. The number of likely N-dealkylation sites (tertiary alicyclic amines) is 1. The van der Waals surface area contributed by atoms with Gasteiger partial charge in [-0.25, -0.2) is 8.42 Å². The third-order valence-electron chi connectivity index (χ3n) is 3.93. The van der Waals surface area contributed by atoms with Gasteiger partial charge in [0.05, 0.1) is 11.5 Å². The Kier molecular flexibility index (Phi) is 3.05. The molecule has 2 unspecified atom stereocenters. The van der Waals surface area contributed by atoms with Crippen molar-refractivity contribution in [3.8, 4) is 0 Å². The molecule has 2 atom stereocenters. The maximum Gasteiger partial charge on any atom is 0.151 e. The van der Waals surface area contributed by atoms with E-state index < -0.39 is 9.84 Å². The van der Waals surface area contributed by atoms with Gasteiger partial charge in [-0.15, -0.1) is 0 Å². The molecular weight excluding hydrogens is 226 g/mol. The minimum Gasteiger partial charge on any atom is -0.396 e. The number of nitrogens with zero attached hydrogens (tertiary/aromatic N) is 1. The van der Waals surface area contributed by atoms with E-state index in [1.54, 1.807) is 0 Å². The zero-order valence-electron chi connectivity index (χ0n) is 10.0. The molecule has 1 N–H and O–H groups in total. The third-order valence-corrected chi connectivity index (χ3v) is 5.68. The second-order valence-electron chi connectivity index (χ2n) is 5.77. The van der Waals surface area contributed by atoms with Gasteiger partial charge >= 0.3 is 0 Å². The summed E-state index contributed by atoms with van der Waals surface area (Å²) in [5.41, 5.74) is 0.0257. The lowest BCUT2D eigenvalue weighted by Gasteiger charge is -2.35. The van der Waals surface area contributed by atoms with Gasteiger partial charge in [0.15, 0.2) is 9.84 Å². The minimum atomic E-state index is -2.81. The number of aliphatic hydroxyl groups excluding tert-OH is 1. The molecule has 94 valence electrons. The van der Waals surface area contributed by atoms with Crippen molar-refractivity contribution >= 4 is 9.84 Å². The molecule has 0 aromatic carbocycles. The average molecular weight is 247 g/mol. The summed E-state index contributed by atoms with van der Waals surface area (Å²) >= 11 is 0. The Hall–Kier alpha value is -0.130. The summed E-state index contributed by atoms with van der Waals surface area (Å²) in [6, 6.07) is 0.163. The molecule has 0 aliphatic carbocycles. The second-order valence-corrected chi connectivity index (χ2v) is 8.00. The molecular formula is C11H21NO3S. The molecule has 0 saturated carbocycles. The fraction of sp³-hybridized carbons (Fsp3) is 1.00. The second kappa shape index (κ2) is 3.96. The lowest BCUT2D eigenvalue weighted by Crippen LogP contribution is -2.46. The van der Waals surface area contributed by atoms with E-state index in [9.17, 15) is 13.5 Å². The van der Waals surface area contributed by atoms with E-state index in [2.05, 4.69) is 18.7 Å². The molecule has 0 aromatic heterocycles. The maximum atomic E-state index is 11.5. The highest BCUT2D eigenvalue weighted by atomic mass is 32.2. The van der Waals surface area contributed by atoms with Gasteiger partial charge in [-0.05, 0) is 32.6 Å². The minimum absolute atomic E-state index is 0.0257. The summed E-state index contributed by atoms with van der Waals surface area (Å²) < 4.78 is 23.0. The molecule has 2 heterocycles. The van der Waals surface area contributed by atoms with Gasteiger partial charge in [0, 0.05) is 24.7 Å². The van der Waals surface area contributed by atoms with Crippen LogP contribution in [0, 0.1) is 5.92 Å². The number of aliphatic hydroxyl groups is 1. The van der Waals surface area contributed by atoms with E-state index in [1.165, 1.54) is 0 Å². The Balaban J connectivity index is 2.10. The van der Waals surface area contributed by atoms with Crippen molar-refractivity contribution in [2.45, 2.75) is 38.3 Å². The standard InChI is InChI=1S/C11H21NO3S/c1-11(2)5-9(7-13)6-12(11)10-3-4-16(14,15)8-10/h9-10,13H,3-8H2,1-2H3. The van der Waals surface area contributed by atoms with E-state index in [0.29, 0.717) is 17.4 Å². The Morgan fingerprint density at radius 1 is 1.44 bits per heavy atom. The van der Waals surface area contributed by atoms with Crippen molar-refractivity contribution in [1.82, 2.24) is 4.90 Å². The van der Waals surface area contributed by atoms with E-state index in [1.807, 2.05) is 0 Å². The van der Waals surface area contributed by atoms with Gasteiger partial charge in [0.2, 0.25) is 0 Å². The van der Waals surface area contributed by atoms with E-state index in [4.69, 9.17) is 0 Å². The van der Waals surface area contributed by atoms with Gasteiger partial charge in [0.25, 0.3) is 0 Å². The highest BCUT2D eigenvalue weighted by Crippen LogP contribution is 2.36. The molecule has 2 rings (SSSR count). The van der Waals surface area contributed by atoms with Gasteiger partial charge in [-0.1, -0.05) is 0 Å². The number of hydrogen-bond acceptors (Lipinski definition) is 4. The van der Waals surface area contributed by atoms with Crippen molar-refractivity contribution in [1.29, 1.82) is 0 Å². The highest BCUT2D eigenvalue weighted by molar-refractivity contribution is 7.91. The van der Waals surface area contributed by atoms with Crippen molar-refractivity contribution in [3.05, 3.63) is 0 Å². The predicted octanol–water partition coefficient (Wildman–Crippen LogP) is 0.266. The lowest BCUT2D eigenvalue weighted by atomic mass is 9.96. The van der Waals surface area contributed by atoms with Crippen molar-refractivity contribution < 1.29 is 13.5 Å². The van der Waals surface area contributed by atoms with E-state index in [0.717, 1.165) is 19.4 Å². The first-order valence-electron chi connectivity index (χ1n) is 5.92. The molecule has 16 heavy (non-hydrogen) atoms. The van der Waals surface area contributed by atoms with Gasteiger partial charge in [-0.3, -0.25) is 4.90 Å². The highest BCUT2D eigenvalue weighted by Gasteiger charge is 2.44. The Bertz CT molecular complexity index is 363. The first-order valence-corrected chi connectivity index (χ1v) is 7.74. The fourth-order valence-electron chi connectivity index (χ4n) is 3.20. The average Bonchev–Trinajstić information content (AvgIpc) is 2.65. The van der Waals surface area contributed by atoms with Crippen LogP contribution in [-0.4, -0.2) is 54.7 Å². The van der Waals surface area contributed by atoms with Crippen molar-refractivity contribution in [2.75, 3.05) is 24.7 Å². The molecule has 2 fully saturated rings. The van der Waals surface area contributed by atoms with Crippen LogP contribution in [0.3, 0.4) is 0 Å². The van der Waals surface area contributed by atoms with Crippen LogP contribution in [0.5, 0.6) is 0 Å². The Labute approximate surface area is 97.6 Å². The smallest absolute Gasteiger partial charge is 0.151 e. The zero-order chi connectivity index (χ0) is 12.0. The summed E-state index contributed by atoms with van der Waals surface area (Å²) in [7, 11) is -2.81. The SMILES string of the molecule is CC1(C)CC(CO)CN1C1CCS(=O)(=O)C1. The van der Waals surface area contributed by atoms with Crippen molar-refractivity contribution in [3.63, 3.8) is 0 Å². The summed E-state index contributed by atoms with van der Waals surface area (Å²) in [4.78, 5) is 2.29. The first-order chi connectivity index (χ1) is 7.34. The predicted molar refractivity (Wildman–Crippen MR) is 63.0 cm³/mol. The summed E-state index contributed by atoms with van der Waals surface area (Å²) in [6.45, 7) is 5.34. The van der Waals surface area contributed by atoms with E-state index in [-0.39, 0.29) is 18.2 Å². The molecule has 0 radical (unpaired) electrons. The quantitative estimate of drug-likeness (QED) is 0.761. The van der Waals surface area contributed by atoms with Crippen molar-refractivity contribution in [2.24, 2.45) is 5.92 Å². The van der Waals surface area contributed by atoms with Crippen LogP contribution in [0.15, 0.2) is 0 Å². The third kappa shape index (κ3) is 2.26. The van der Waals surface area contributed by atoms with Crippen LogP contribution in [0.4, 0.5) is 0 Å². The summed E-state index contributed by atoms with van der Waals surface area (Å²) in [6.07, 6.45) is 1.71. The molecule has 5 heteroatoms. The van der Waals surface area contributed by atoms with Gasteiger partial charge < -0.3 is 5.11 Å². The summed E-state index contributed by atoms with van der Waals surface area (Å²) in [5, 5.41) is 9.22. The van der Waals surface area contributed by atoms with E-state index >= 15 is 0 Å². The molecule has 0 aromatic rings. The Morgan fingerprint density at radius 2 is 2.12 bits per heavy atom. The molecule has 4 nitrogen and oxygen atoms in total. The van der Waals surface area contributed by atoms with Crippen LogP contribution in [-0.2, 0) is 9.84 Å². The number of hydrogen-bond donors (Lipinski definition) is 1. The van der Waals surface area contributed by atoms with Gasteiger partial charge in [0.1, 0.15) is 0 Å². The molecule has 2 aliphatic rings. The number of rotatable bonds is 2. The molecule has 0 spiro atoms. The molecule has 0 amide bonds. The Morgan fingerprint density at radius 3 is 2.56 bits per heavy atom. The lowest BCUT2D eigenvalue weighted by molar-refractivity contribution is 0.126. The van der Waals surface area contributed by atoms with Crippen LogP contribution >= 0.6 is 0 Å². The van der Waals surface area contributed by atoms with Crippen LogP contribution in [0.2, 0.25) is 0 Å². The number of sulfone groups is 1. The molecule has 2 aliphatic heterocycles. The molecule has 2 saturated heterocycles.